The average Bonchev–Trinajstić information content (AvgIpc) is 3.14. The highest BCUT2D eigenvalue weighted by Gasteiger charge is 2.23. The third-order valence-corrected chi connectivity index (χ3v) is 5.97. The van der Waals surface area contributed by atoms with Crippen LogP contribution in [-0.4, -0.2) is 43.5 Å². The number of aryl methyl sites for hydroxylation is 2. The van der Waals surface area contributed by atoms with Gasteiger partial charge in [-0.3, -0.25) is 9.36 Å². The van der Waals surface area contributed by atoms with Crippen molar-refractivity contribution in [2.24, 2.45) is 7.05 Å². The minimum Gasteiger partial charge on any atom is -0.489 e. The van der Waals surface area contributed by atoms with Crippen molar-refractivity contribution >= 4 is 17.3 Å². The molecule has 2 aromatic carbocycles. The zero-order chi connectivity index (χ0) is 29.8. The normalized spacial score (nSPS) is 13.0. The minimum atomic E-state index is -1.22. The molecule has 0 bridgehead atoms. The first-order valence-electron chi connectivity index (χ1n) is 13.0. The minimum absolute atomic E-state index is 0.0486. The molecule has 0 aliphatic rings. The number of rotatable bonds is 11. The van der Waals surface area contributed by atoms with Crippen molar-refractivity contribution in [3.8, 4) is 11.4 Å². The van der Waals surface area contributed by atoms with Crippen molar-refractivity contribution in [3.05, 3.63) is 76.2 Å². The van der Waals surface area contributed by atoms with E-state index in [0.29, 0.717) is 35.6 Å². The van der Waals surface area contributed by atoms with Gasteiger partial charge in [-0.15, -0.1) is 11.7 Å². The summed E-state index contributed by atoms with van der Waals surface area (Å²) in [5, 5.41) is 20.0. The van der Waals surface area contributed by atoms with E-state index in [1.807, 2.05) is 27.7 Å². The van der Waals surface area contributed by atoms with Crippen molar-refractivity contribution in [2.45, 2.75) is 72.5 Å². The number of nitrogens with one attached hydrogen (secondary N) is 2. The number of hydrogen-bond donors (Lipinski definition) is 3. The number of carbonyl (C=O) groups excluding carboxylic acids is 1. The lowest BCUT2D eigenvalue weighted by atomic mass is 10.1. The van der Waals surface area contributed by atoms with Gasteiger partial charge in [0.2, 0.25) is 6.41 Å². The third kappa shape index (κ3) is 7.36. The summed E-state index contributed by atoms with van der Waals surface area (Å²) in [5.41, 5.74) is 0.509. The van der Waals surface area contributed by atoms with Gasteiger partial charge in [0.05, 0.1) is 17.3 Å². The van der Waals surface area contributed by atoms with E-state index < -0.39 is 29.4 Å². The van der Waals surface area contributed by atoms with E-state index in [1.165, 1.54) is 10.6 Å². The molecule has 1 amide bonds. The van der Waals surface area contributed by atoms with Gasteiger partial charge in [0.15, 0.2) is 0 Å². The van der Waals surface area contributed by atoms with Crippen molar-refractivity contribution in [2.75, 3.05) is 10.6 Å². The predicted molar refractivity (Wildman–Crippen MR) is 153 cm³/mol. The smallest absolute Gasteiger partial charge is 0.350 e. The van der Waals surface area contributed by atoms with Crippen molar-refractivity contribution in [1.82, 2.24) is 14.3 Å². The highest BCUT2D eigenvalue weighted by atomic mass is 19.1. The molecule has 3 rings (SSSR count). The molecule has 0 fully saturated rings. The highest BCUT2D eigenvalue weighted by Crippen LogP contribution is 2.29. The van der Waals surface area contributed by atoms with Gasteiger partial charge in [0.1, 0.15) is 23.1 Å². The average molecular weight is 556 g/mol. The van der Waals surface area contributed by atoms with Gasteiger partial charge in [0.25, 0.3) is 5.91 Å². The van der Waals surface area contributed by atoms with Crippen LogP contribution in [-0.2, 0) is 18.2 Å². The Morgan fingerprint density at radius 1 is 1.27 bits per heavy atom. The Morgan fingerprint density at radius 3 is 2.55 bits per heavy atom. The van der Waals surface area contributed by atoms with Crippen LogP contribution in [0.1, 0.15) is 62.8 Å². The van der Waals surface area contributed by atoms with E-state index >= 15 is 4.39 Å². The Balaban J connectivity index is 1.94. The Kier molecular flexibility index (Phi) is 9.54. The number of halogens is 1. The molecule has 0 spiro atoms. The Labute approximate surface area is 233 Å². The number of carbonyl (C=O) groups is 1. The van der Waals surface area contributed by atoms with E-state index in [0.717, 1.165) is 10.7 Å². The molecule has 2 atom stereocenters. The molecule has 0 saturated heterocycles. The number of aliphatic hydroxyl groups is 1. The molecule has 0 radical (unpaired) electrons. The van der Waals surface area contributed by atoms with Crippen LogP contribution in [0, 0.1) is 12.7 Å². The summed E-state index contributed by atoms with van der Waals surface area (Å²) in [7, 11) is 1.56. The first kappa shape index (κ1) is 30.6. The van der Waals surface area contributed by atoms with Crippen molar-refractivity contribution < 1.29 is 23.8 Å². The second-order valence-corrected chi connectivity index (χ2v) is 10.5. The van der Waals surface area contributed by atoms with Crippen molar-refractivity contribution in [3.63, 3.8) is 0 Å². The standard InChI is InChI=1S/C29H38FN5O5/c1-9-11-18(4)39-24-16-23(35-28(38)34(8)25(10-2)33-35)21(30)15-20(24)26(36)32-22-13-12-19(14-17(22)3)31-27(37)40-29(5,6)7/h9,12-16,18,27,31,37H,1,10-11H2,2-8H3,(H,32,36). The number of nitrogens with zero attached hydrogens (tertiary/aromatic N) is 3. The summed E-state index contributed by atoms with van der Waals surface area (Å²) in [6, 6.07) is 7.42. The molecule has 40 heavy (non-hydrogen) atoms. The van der Waals surface area contributed by atoms with Gasteiger partial charge in [-0.1, -0.05) is 13.0 Å². The quantitative estimate of drug-likeness (QED) is 0.232. The summed E-state index contributed by atoms with van der Waals surface area (Å²) in [4.78, 5) is 26.1. The van der Waals surface area contributed by atoms with Gasteiger partial charge in [-0.25, -0.2) is 9.18 Å². The number of hydrogen-bond acceptors (Lipinski definition) is 7. The largest absolute Gasteiger partial charge is 0.489 e. The lowest BCUT2D eigenvalue weighted by Crippen LogP contribution is -2.32. The summed E-state index contributed by atoms with van der Waals surface area (Å²) in [6.45, 7) is 14.6. The fraction of sp³-hybridized carbons (Fsp3) is 0.414. The molecule has 216 valence electrons. The van der Waals surface area contributed by atoms with Crippen LogP contribution in [0.25, 0.3) is 5.69 Å². The number of anilines is 2. The van der Waals surface area contributed by atoms with Gasteiger partial charge in [0, 0.05) is 37.3 Å². The number of ether oxygens (including phenoxy) is 2. The molecule has 1 aromatic heterocycles. The zero-order valence-electron chi connectivity index (χ0n) is 24.0. The van der Waals surface area contributed by atoms with Gasteiger partial charge in [-0.05, 0) is 64.4 Å². The molecule has 0 aliphatic heterocycles. The van der Waals surface area contributed by atoms with Crippen LogP contribution >= 0.6 is 0 Å². The van der Waals surface area contributed by atoms with Gasteiger partial charge < -0.3 is 25.2 Å². The van der Waals surface area contributed by atoms with Crippen LogP contribution in [0.5, 0.6) is 5.75 Å². The molecule has 2 unspecified atom stereocenters. The third-order valence-electron chi connectivity index (χ3n) is 5.97. The second-order valence-electron chi connectivity index (χ2n) is 10.5. The number of aromatic nitrogens is 3. The maximum absolute atomic E-state index is 15.4. The lowest BCUT2D eigenvalue weighted by molar-refractivity contribution is -0.148. The van der Waals surface area contributed by atoms with E-state index in [2.05, 4.69) is 22.3 Å². The zero-order valence-corrected chi connectivity index (χ0v) is 24.0. The van der Waals surface area contributed by atoms with Crippen LogP contribution in [0.2, 0.25) is 0 Å². The summed E-state index contributed by atoms with van der Waals surface area (Å²) in [5.74, 6) is -0.827. The SMILES string of the molecule is C=CCC(C)Oc1cc(-n2nc(CC)n(C)c2=O)c(F)cc1C(=O)Nc1ccc(NC(O)OC(C)(C)C)cc1C. The molecule has 11 heteroatoms. The Hall–Kier alpha value is -3.96. The van der Waals surface area contributed by atoms with Crippen LogP contribution in [0.3, 0.4) is 0 Å². The van der Waals surface area contributed by atoms with Crippen LogP contribution in [0.4, 0.5) is 15.8 Å². The topological polar surface area (TPSA) is 120 Å². The first-order valence-corrected chi connectivity index (χ1v) is 13.0. The lowest BCUT2D eigenvalue weighted by Gasteiger charge is -2.25. The van der Waals surface area contributed by atoms with Crippen molar-refractivity contribution in [1.29, 1.82) is 0 Å². The number of amides is 1. The molecule has 3 aromatic rings. The molecule has 1 heterocycles. The molecule has 0 saturated carbocycles. The van der Waals surface area contributed by atoms with Gasteiger partial charge in [-0.2, -0.15) is 4.68 Å². The first-order chi connectivity index (χ1) is 18.7. The Morgan fingerprint density at radius 2 is 1.98 bits per heavy atom. The summed E-state index contributed by atoms with van der Waals surface area (Å²) in [6.07, 6.45) is 1.04. The maximum atomic E-state index is 15.4. The van der Waals surface area contributed by atoms with Gasteiger partial charge >= 0.3 is 5.69 Å². The molecule has 10 nitrogen and oxygen atoms in total. The fourth-order valence-corrected chi connectivity index (χ4v) is 4.01. The monoisotopic (exact) mass is 555 g/mol. The molecular formula is C29H38FN5O5. The fourth-order valence-electron chi connectivity index (χ4n) is 4.01. The van der Waals surface area contributed by atoms with E-state index in [-0.39, 0.29) is 23.1 Å². The summed E-state index contributed by atoms with van der Waals surface area (Å²) < 4.78 is 29.2. The molecule has 0 aliphatic carbocycles. The van der Waals surface area contributed by atoms with Crippen LogP contribution < -0.4 is 21.1 Å². The predicted octanol–water partition coefficient (Wildman–Crippen LogP) is 4.68. The highest BCUT2D eigenvalue weighted by molar-refractivity contribution is 6.06. The molecular weight excluding hydrogens is 517 g/mol. The number of benzene rings is 2. The van der Waals surface area contributed by atoms with E-state index in [9.17, 15) is 14.7 Å². The Bertz CT molecular complexity index is 1440. The second kappa shape index (κ2) is 12.5. The van der Waals surface area contributed by atoms with E-state index in [4.69, 9.17) is 9.47 Å². The maximum Gasteiger partial charge on any atom is 0.350 e. The van der Waals surface area contributed by atoms with E-state index in [1.54, 1.807) is 45.2 Å². The van der Waals surface area contributed by atoms with Crippen LogP contribution in [0.15, 0.2) is 47.8 Å². The molecule has 3 N–H and O–H groups in total. The summed E-state index contributed by atoms with van der Waals surface area (Å²) >= 11 is 0. The number of aliphatic hydroxyl groups excluding tert-OH is 1.